The molecule has 2 rings (SSSR count). The van der Waals surface area contributed by atoms with E-state index in [4.69, 9.17) is 4.74 Å². The van der Waals surface area contributed by atoms with Gasteiger partial charge in [0.2, 0.25) is 0 Å². The van der Waals surface area contributed by atoms with Gasteiger partial charge in [-0.1, -0.05) is 6.07 Å². The Morgan fingerprint density at radius 1 is 1.12 bits per heavy atom. The Labute approximate surface area is 141 Å². The Balaban J connectivity index is 1.86. The van der Waals surface area contributed by atoms with E-state index >= 15 is 0 Å². The molecule has 25 heavy (non-hydrogen) atoms. The number of amides is 1. The van der Waals surface area contributed by atoms with Crippen molar-refractivity contribution in [2.75, 3.05) is 11.9 Å². The van der Waals surface area contributed by atoms with Gasteiger partial charge in [-0.15, -0.1) is 0 Å². The van der Waals surface area contributed by atoms with Gasteiger partial charge in [0.1, 0.15) is 11.6 Å². The summed E-state index contributed by atoms with van der Waals surface area (Å²) in [5.74, 6) is -2.03. The number of nitrogens with one attached hydrogen (secondary N) is 1. The molecular formula is C17H14F3NO4. The summed E-state index contributed by atoms with van der Waals surface area (Å²) in [6, 6.07) is 8.98. The van der Waals surface area contributed by atoms with Crippen LogP contribution in [0.3, 0.4) is 0 Å². The monoisotopic (exact) mass is 353 g/mol. The number of hydrogen-bond acceptors (Lipinski definition) is 4. The Kier molecular flexibility index (Phi) is 5.99. The van der Waals surface area contributed by atoms with E-state index in [0.717, 1.165) is 6.07 Å². The second kappa shape index (κ2) is 8.18. The number of halogens is 3. The number of carbonyl (C=O) groups excluding carboxylic acids is 2. The highest BCUT2D eigenvalue weighted by molar-refractivity contribution is 5.95. The molecule has 0 aliphatic rings. The Morgan fingerprint density at radius 2 is 1.80 bits per heavy atom. The normalized spacial score (nSPS) is 10.4. The van der Waals surface area contributed by atoms with Crippen molar-refractivity contribution < 1.29 is 32.2 Å². The minimum Gasteiger partial charge on any atom is -0.452 e. The van der Waals surface area contributed by atoms with Gasteiger partial charge in [-0.2, -0.15) is 8.78 Å². The molecule has 2 aromatic rings. The van der Waals surface area contributed by atoms with Crippen LogP contribution in [0.5, 0.6) is 5.75 Å². The minimum absolute atomic E-state index is 0.0656. The lowest BCUT2D eigenvalue weighted by Gasteiger charge is -2.08. The molecule has 0 saturated heterocycles. The Hall–Kier alpha value is -3.03. The second-order valence-electron chi connectivity index (χ2n) is 4.99. The lowest BCUT2D eigenvalue weighted by atomic mass is 10.2. The van der Waals surface area contributed by atoms with Gasteiger partial charge in [0.05, 0.1) is 5.56 Å². The molecule has 0 bridgehead atoms. The Bertz CT molecular complexity index is 763. The van der Waals surface area contributed by atoms with E-state index in [0.29, 0.717) is 5.56 Å². The van der Waals surface area contributed by atoms with Crippen molar-refractivity contribution in [1.82, 2.24) is 0 Å². The van der Waals surface area contributed by atoms with Gasteiger partial charge in [-0.05, 0) is 48.9 Å². The van der Waals surface area contributed by atoms with Gasteiger partial charge < -0.3 is 14.8 Å². The van der Waals surface area contributed by atoms with Crippen molar-refractivity contribution in [2.24, 2.45) is 0 Å². The molecule has 0 spiro atoms. The molecule has 0 saturated carbocycles. The lowest BCUT2D eigenvalue weighted by molar-refractivity contribution is -0.119. The van der Waals surface area contributed by atoms with Crippen LogP contribution in [-0.2, 0) is 9.53 Å². The first-order valence-electron chi connectivity index (χ1n) is 7.13. The first kappa shape index (κ1) is 18.3. The maximum Gasteiger partial charge on any atom is 0.387 e. The summed E-state index contributed by atoms with van der Waals surface area (Å²) in [5, 5.41) is 2.39. The van der Waals surface area contributed by atoms with Crippen molar-refractivity contribution in [1.29, 1.82) is 0 Å². The van der Waals surface area contributed by atoms with E-state index in [2.05, 4.69) is 10.1 Å². The zero-order valence-electron chi connectivity index (χ0n) is 13.1. The summed E-state index contributed by atoms with van der Waals surface area (Å²) in [5.41, 5.74) is 0.733. The van der Waals surface area contributed by atoms with Gasteiger partial charge in [0.25, 0.3) is 5.91 Å². The fourth-order valence-corrected chi connectivity index (χ4v) is 1.85. The molecule has 132 valence electrons. The van der Waals surface area contributed by atoms with Crippen LogP contribution in [0.15, 0.2) is 42.5 Å². The number of anilines is 1. The molecule has 8 heteroatoms. The maximum absolute atomic E-state index is 13.4. The van der Waals surface area contributed by atoms with Crippen LogP contribution in [-0.4, -0.2) is 25.1 Å². The van der Waals surface area contributed by atoms with Crippen LogP contribution in [0.4, 0.5) is 18.9 Å². The second-order valence-corrected chi connectivity index (χ2v) is 4.99. The third kappa shape index (κ3) is 5.52. The van der Waals surface area contributed by atoms with Crippen LogP contribution in [0.25, 0.3) is 0 Å². The number of ether oxygens (including phenoxy) is 2. The highest BCUT2D eigenvalue weighted by atomic mass is 19.3. The molecular weight excluding hydrogens is 339 g/mol. The van der Waals surface area contributed by atoms with E-state index in [1.807, 2.05) is 0 Å². The predicted octanol–water partition coefficient (Wildman–Crippen LogP) is 3.53. The number of alkyl halides is 2. The molecule has 2 aromatic carbocycles. The fourth-order valence-electron chi connectivity index (χ4n) is 1.85. The summed E-state index contributed by atoms with van der Waals surface area (Å²) in [6.07, 6.45) is 0. The van der Waals surface area contributed by atoms with Crippen molar-refractivity contribution >= 4 is 17.6 Å². The number of rotatable bonds is 6. The van der Waals surface area contributed by atoms with Gasteiger partial charge in [0.15, 0.2) is 6.61 Å². The molecule has 0 radical (unpaired) electrons. The molecule has 0 aliphatic heterocycles. The first-order valence-corrected chi connectivity index (χ1v) is 7.13. The maximum atomic E-state index is 13.4. The molecule has 1 N–H and O–H groups in total. The first-order chi connectivity index (χ1) is 11.8. The largest absolute Gasteiger partial charge is 0.452 e. The zero-order chi connectivity index (χ0) is 18.4. The molecule has 0 fully saturated rings. The smallest absolute Gasteiger partial charge is 0.387 e. The van der Waals surface area contributed by atoms with Crippen LogP contribution in [0.2, 0.25) is 0 Å². The summed E-state index contributed by atoms with van der Waals surface area (Å²) in [7, 11) is 0. The van der Waals surface area contributed by atoms with Crippen LogP contribution in [0.1, 0.15) is 15.9 Å². The average Bonchev–Trinajstić information content (AvgIpc) is 2.56. The van der Waals surface area contributed by atoms with Crippen LogP contribution < -0.4 is 10.1 Å². The molecule has 1 amide bonds. The molecule has 0 atom stereocenters. The summed E-state index contributed by atoms with van der Waals surface area (Å²) < 4.78 is 46.4. The van der Waals surface area contributed by atoms with Gasteiger partial charge in [0, 0.05) is 5.69 Å². The van der Waals surface area contributed by atoms with E-state index in [1.165, 1.54) is 36.4 Å². The quantitative estimate of drug-likeness (QED) is 0.807. The summed E-state index contributed by atoms with van der Waals surface area (Å²) in [4.78, 5) is 23.5. The number of carbonyl (C=O) groups is 2. The van der Waals surface area contributed by atoms with Gasteiger partial charge in [-0.25, -0.2) is 9.18 Å². The average molecular weight is 353 g/mol. The molecule has 0 aromatic heterocycles. The predicted molar refractivity (Wildman–Crippen MR) is 83.1 cm³/mol. The SMILES string of the molecule is Cc1ccc(NC(=O)COC(=O)c2ccc(OC(F)F)cc2)cc1F. The van der Waals surface area contributed by atoms with Crippen LogP contribution in [0, 0.1) is 12.7 Å². The third-order valence-corrected chi connectivity index (χ3v) is 3.11. The molecule has 0 aliphatic carbocycles. The van der Waals surface area contributed by atoms with E-state index < -0.39 is 30.9 Å². The minimum atomic E-state index is -2.96. The zero-order valence-corrected chi connectivity index (χ0v) is 13.1. The van der Waals surface area contributed by atoms with Crippen molar-refractivity contribution in [2.45, 2.75) is 13.5 Å². The van der Waals surface area contributed by atoms with E-state index in [9.17, 15) is 22.8 Å². The number of benzene rings is 2. The standard InChI is InChI=1S/C17H14F3NO4/c1-10-2-5-12(8-14(10)18)21-15(22)9-24-16(23)11-3-6-13(7-4-11)25-17(19)20/h2-8,17H,9H2,1H3,(H,21,22). The highest BCUT2D eigenvalue weighted by Crippen LogP contribution is 2.16. The number of esters is 1. The van der Waals surface area contributed by atoms with Gasteiger partial charge >= 0.3 is 12.6 Å². The lowest BCUT2D eigenvalue weighted by Crippen LogP contribution is -2.21. The molecule has 5 nitrogen and oxygen atoms in total. The fraction of sp³-hybridized carbons (Fsp3) is 0.176. The number of hydrogen-bond donors (Lipinski definition) is 1. The van der Waals surface area contributed by atoms with Crippen molar-refractivity contribution in [3.63, 3.8) is 0 Å². The summed E-state index contributed by atoms with van der Waals surface area (Å²) in [6.45, 7) is -1.96. The summed E-state index contributed by atoms with van der Waals surface area (Å²) >= 11 is 0. The Morgan fingerprint density at radius 3 is 2.40 bits per heavy atom. The molecule has 0 unspecified atom stereocenters. The third-order valence-electron chi connectivity index (χ3n) is 3.11. The van der Waals surface area contributed by atoms with Crippen molar-refractivity contribution in [3.05, 3.63) is 59.4 Å². The van der Waals surface area contributed by atoms with E-state index in [-0.39, 0.29) is 17.0 Å². The van der Waals surface area contributed by atoms with Crippen LogP contribution >= 0.6 is 0 Å². The van der Waals surface area contributed by atoms with Gasteiger partial charge in [-0.3, -0.25) is 4.79 Å². The number of aryl methyl sites for hydroxylation is 1. The molecule has 0 heterocycles. The highest BCUT2D eigenvalue weighted by Gasteiger charge is 2.12. The van der Waals surface area contributed by atoms with Crippen molar-refractivity contribution in [3.8, 4) is 5.75 Å². The van der Waals surface area contributed by atoms with E-state index in [1.54, 1.807) is 6.92 Å². The topological polar surface area (TPSA) is 64.6 Å².